The number of likely N-dealkylation sites (tertiary alicyclic amines) is 2. The van der Waals surface area contributed by atoms with Crippen molar-refractivity contribution in [2.45, 2.75) is 110 Å². The minimum atomic E-state index is -1.12. The lowest BCUT2D eigenvalue weighted by Crippen LogP contribution is -2.54. The van der Waals surface area contributed by atoms with Crippen molar-refractivity contribution in [3.8, 4) is 11.3 Å². The summed E-state index contributed by atoms with van der Waals surface area (Å²) >= 11 is 0. The van der Waals surface area contributed by atoms with Gasteiger partial charge in [-0.1, -0.05) is 53.7 Å². The van der Waals surface area contributed by atoms with Crippen molar-refractivity contribution in [1.82, 2.24) is 40.0 Å². The van der Waals surface area contributed by atoms with Gasteiger partial charge in [-0.15, -0.1) is 0 Å². The third-order valence-electron chi connectivity index (χ3n) is 11.7. The average Bonchev–Trinajstić information content (AvgIpc) is 3.99. The lowest BCUT2D eigenvalue weighted by atomic mass is 9.84. The predicted octanol–water partition coefficient (Wildman–Crippen LogP) is 6.31. The lowest BCUT2D eigenvalue weighted by Gasteiger charge is -2.38. The van der Waals surface area contributed by atoms with E-state index >= 15 is 0 Å². The topological polar surface area (TPSA) is 180 Å². The molecule has 56 heavy (non-hydrogen) atoms. The Hall–Kier alpha value is -5.08. The van der Waals surface area contributed by atoms with E-state index in [1.807, 2.05) is 63.7 Å². The number of hydrogen-bond donors (Lipinski definition) is 4. The molecule has 3 saturated heterocycles. The Labute approximate surface area is 329 Å². The number of piperidine rings is 1. The summed E-state index contributed by atoms with van der Waals surface area (Å²) in [5, 5.41) is 12.4. The van der Waals surface area contributed by atoms with E-state index in [9.17, 15) is 24.3 Å². The van der Waals surface area contributed by atoms with Crippen molar-refractivity contribution in [3.63, 3.8) is 0 Å². The number of carboxylic acid groups (broad SMARTS) is 1. The third-order valence-corrected chi connectivity index (χ3v) is 11.7. The van der Waals surface area contributed by atoms with Crippen LogP contribution in [0.3, 0.4) is 0 Å². The van der Waals surface area contributed by atoms with Gasteiger partial charge in [-0.2, -0.15) is 0 Å². The Morgan fingerprint density at radius 3 is 1.95 bits per heavy atom. The number of anilines is 1. The number of H-pyrrole nitrogens is 2. The Morgan fingerprint density at radius 2 is 1.39 bits per heavy atom. The number of benzene rings is 1. The molecule has 3 aliphatic rings. The quantitative estimate of drug-likeness (QED) is 0.194. The van der Waals surface area contributed by atoms with Crippen LogP contribution in [0.25, 0.3) is 11.3 Å². The highest BCUT2D eigenvalue weighted by atomic mass is 16.5. The first-order chi connectivity index (χ1) is 26.5. The molecular weight excluding hydrogens is 715 g/mol. The number of imidazole rings is 2. The molecule has 15 heteroatoms. The highest BCUT2D eigenvalue weighted by Crippen LogP contribution is 2.38. The fourth-order valence-electron chi connectivity index (χ4n) is 8.69. The molecule has 15 nitrogen and oxygen atoms in total. The summed E-state index contributed by atoms with van der Waals surface area (Å²) in [6.45, 7) is 14.4. The van der Waals surface area contributed by atoms with Crippen LogP contribution in [0.2, 0.25) is 0 Å². The van der Waals surface area contributed by atoms with Gasteiger partial charge in [0.05, 0.1) is 31.1 Å². The molecule has 2 aromatic heterocycles. The van der Waals surface area contributed by atoms with Crippen LogP contribution >= 0.6 is 0 Å². The van der Waals surface area contributed by atoms with E-state index in [2.05, 4.69) is 44.5 Å². The number of likely N-dealkylation sites (N-methyl/N-ethyl adjacent to an activating group) is 1. The van der Waals surface area contributed by atoms with Gasteiger partial charge in [-0.05, 0) is 67.1 Å². The molecule has 1 aromatic carbocycles. The van der Waals surface area contributed by atoms with Crippen molar-refractivity contribution >= 4 is 29.7 Å². The van der Waals surface area contributed by atoms with Crippen molar-refractivity contribution in [1.29, 1.82) is 0 Å². The highest BCUT2D eigenvalue weighted by molar-refractivity contribution is 5.87. The van der Waals surface area contributed by atoms with E-state index in [4.69, 9.17) is 14.7 Å². The average molecular weight is 774 g/mol. The zero-order valence-electron chi connectivity index (χ0n) is 34.1. The zero-order chi connectivity index (χ0) is 40.5. The molecule has 0 unspecified atom stereocenters. The second kappa shape index (κ2) is 16.2. The van der Waals surface area contributed by atoms with Crippen LogP contribution in [0.4, 0.5) is 15.3 Å². The van der Waals surface area contributed by atoms with E-state index in [0.29, 0.717) is 19.0 Å². The Morgan fingerprint density at radius 1 is 0.821 bits per heavy atom. The fourth-order valence-corrected chi connectivity index (χ4v) is 8.69. The summed E-state index contributed by atoms with van der Waals surface area (Å²) in [6.07, 6.45) is 7.16. The van der Waals surface area contributed by atoms with Crippen LogP contribution in [0.15, 0.2) is 36.7 Å². The van der Waals surface area contributed by atoms with Crippen molar-refractivity contribution in [3.05, 3.63) is 54.0 Å². The van der Waals surface area contributed by atoms with E-state index in [0.717, 1.165) is 90.8 Å². The maximum absolute atomic E-state index is 13.8. The summed E-state index contributed by atoms with van der Waals surface area (Å²) in [6, 6.07) is 6.53. The Balaban J connectivity index is 1.06. The zero-order valence-corrected chi connectivity index (χ0v) is 34.1. The normalized spacial score (nSPS) is 20.5. The number of carbonyl (C=O) groups excluding carboxylic acids is 3. The molecule has 3 aromatic rings. The molecule has 4 amide bonds. The molecule has 4 N–H and O–H groups in total. The number of hydrogen-bond acceptors (Lipinski definition) is 8. The third kappa shape index (κ3) is 8.51. The maximum Gasteiger partial charge on any atom is 0.407 e. The number of ether oxygens (including phenoxy) is 1. The number of nitrogens with zero attached hydrogens (tertiary/aromatic N) is 6. The Kier molecular flexibility index (Phi) is 11.7. The minimum Gasteiger partial charge on any atom is -0.465 e. The molecule has 0 radical (unpaired) electrons. The highest BCUT2D eigenvalue weighted by Gasteiger charge is 2.44. The van der Waals surface area contributed by atoms with Gasteiger partial charge in [0.2, 0.25) is 11.8 Å². The largest absolute Gasteiger partial charge is 0.465 e. The maximum atomic E-state index is 13.8. The van der Waals surface area contributed by atoms with Gasteiger partial charge < -0.3 is 39.8 Å². The number of nitrogens with one attached hydrogen (secondary N) is 3. The summed E-state index contributed by atoms with van der Waals surface area (Å²) in [7, 11) is 2.76. The molecule has 5 heterocycles. The Bertz CT molecular complexity index is 1870. The van der Waals surface area contributed by atoms with Gasteiger partial charge in [0.25, 0.3) is 0 Å². The standard InChI is InChI=1S/C41H59N9O6/c1-40(2,3)32(46-38(53)56-8)36(51)49-19-9-11-30(49)34-42-23-28(44-34)25-13-15-27(16-14-25)48-21-17-26(18-22-48)29-24-43-35(45-29)31-12-10-20-50(31)37(52)33(41(4,5)6)47(7)39(54)55/h13-16,23-24,26,30-33H,9-12,17-22H2,1-8H3,(H,42,44)(H,43,45)(H,46,53)(H,54,55)/t30-,31-,32+,33+/m0/s1. The van der Waals surface area contributed by atoms with Crippen molar-refractivity contribution in [2.24, 2.45) is 10.8 Å². The number of amides is 4. The first-order valence-electron chi connectivity index (χ1n) is 19.8. The fraction of sp³-hybridized carbons (Fsp3) is 0.610. The summed E-state index contributed by atoms with van der Waals surface area (Å²) in [5.41, 5.74) is 3.04. The van der Waals surface area contributed by atoms with E-state index < -0.39 is 35.1 Å². The van der Waals surface area contributed by atoms with Crippen LogP contribution in [0.1, 0.15) is 115 Å². The van der Waals surface area contributed by atoms with Gasteiger partial charge in [-0.25, -0.2) is 19.6 Å². The number of alkyl carbamates (subject to hydrolysis) is 1. The molecule has 0 saturated carbocycles. The first-order valence-corrected chi connectivity index (χ1v) is 19.8. The molecule has 0 spiro atoms. The monoisotopic (exact) mass is 773 g/mol. The second-order valence-corrected chi connectivity index (χ2v) is 17.7. The van der Waals surface area contributed by atoms with Crippen LogP contribution in [0.5, 0.6) is 0 Å². The summed E-state index contributed by atoms with van der Waals surface area (Å²) in [5.74, 6) is 1.50. The summed E-state index contributed by atoms with van der Waals surface area (Å²) < 4.78 is 4.80. The molecule has 3 aliphatic heterocycles. The van der Waals surface area contributed by atoms with E-state index in [1.54, 1.807) is 0 Å². The molecule has 3 fully saturated rings. The van der Waals surface area contributed by atoms with Gasteiger partial charge in [0.1, 0.15) is 23.7 Å². The number of aromatic amines is 2. The number of carbonyl (C=O) groups is 4. The number of aromatic nitrogens is 4. The number of rotatable bonds is 9. The molecular formula is C41H59N9O6. The van der Waals surface area contributed by atoms with Crippen LogP contribution in [0, 0.1) is 10.8 Å². The van der Waals surface area contributed by atoms with Gasteiger partial charge in [-0.3, -0.25) is 14.5 Å². The SMILES string of the molecule is COC(=O)N[C@H](C(=O)N1CCC[C@H]1c1ncc(-c2ccc(N3CCC(c4cnc([C@@H]5CCCN5C(=O)[C@@H](N(C)C(=O)O)C(C)(C)C)[nH]4)CC3)cc2)[nH]1)C(C)(C)C. The van der Waals surface area contributed by atoms with Crippen molar-refractivity contribution < 1.29 is 29.0 Å². The van der Waals surface area contributed by atoms with Gasteiger partial charge >= 0.3 is 12.2 Å². The van der Waals surface area contributed by atoms with E-state index in [1.165, 1.54) is 14.2 Å². The van der Waals surface area contributed by atoms with Crippen molar-refractivity contribution in [2.75, 3.05) is 45.2 Å². The molecule has 0 aliphatic carbocycles. The minimum absolute atomic E-state index is 0.145. The number of methoxy groups -OCH3 is 1. The molecule has 0 bridgehead atoms. The lowest BCUT2D eigenvalue weighted by molar-refractivity contribution is -0.141. The molecule has 6 rings (SSSR count). The first kappa shape index (κ1) is 40.6. The summed E-state index contributed by atoms with van der Waals surface area (Å²) in [4.78, 5) is 75.2. The van der Waals surface area contributed by atoms with Gasteiger partial charge in [0.15, 0.2) is 0 Å². The van der Waals surface area contributed by atoms with Crippen LogP contribution in [-0.2, 0) is 14.3 Å². The molecule has 4 atom stereocenters. The molecule has 304 valence electrons. The smallest absolute Gasteiger partial charge is 0.407 e. The van der Waals surface area contributed by atoms with E-state index in [-0.39, 0.29) is 23.9 Å². The predicted molar refractivity (Wildman–Crippen MR) is 212 cm³/mol. The van der Waals surface area contributed by atoms with Gasteiger partial charge in [0, 0.05) is 56.7 Å². The van der Waals surface area contributed by atoms with Crippen LogP contribution < -0.4 is 10.2 Å². The van der Waals surface area contributed by atoms with Crippen LogP contribution in [-0.4, -0.2) is 116 Å². The second-order valence-electron chi connectivity index (χ2n) is 17.7.